The molecule has 1 atom stereocenters. The topological polar surface area (TPSA) is 12.0 Å². The van der Waals surface area contributed by atoms with Crippen molar-refractivity contribution in [1.82, 2.24) is 0 Å². The summed E-state index contributed by atoms with van der Waals surface area (Å²) in [6.45, 7) is 6.00. The second-order valence-electron chi connectivity index (χ2n) is 3.70. The van der Waals surface area contributed by atoms with Crippen molar-refractivity contribution in [3.05, 3.63) is 35.9 Å². The van der Waals surface area contributed by atoms with E-state index in [1.165, 1.54) is 29.7 Å². The Morgan fingerprint density at radius 1 is 1.54 bits per heavy atom. The molecule has 0 radical (unpaired) electrons. The van der Waals surface area contributed by atoms with Crippen LogP contribution in [0.25, 0.3) is 6.08 Å². The van der Waals surface area contributed by atoms with Crippen LogP contribution in [0.15, 0.2) is 24.8 Å². The molecule has 0 aromatic heterocycles. The molecular weight excluding hydrogens is 158 g/mol. The van der Waals surface area contributed by atoms with Gasteiger partial charge < -0.3 is 5.32 Å². The summed E-state index contributed by atoms with van der Waals surface area (Å²) < 4.78 is 0. The first-order valence-electron chi connectivity index (χ1n) is 4.81. The standard InChI is InChI=1S/C12H15N/c1-3-10-5-7-11-6-4-9(2)13-12(11)8-10/h3,5,7-9,13H,1,4,6H2,2H3. The molecule has 1 nitrogen and oxygen atoms in total. The largest absolute Gasteiger partial charge is 0.382 e. The van der Waals surface area contributed by atoms with Crippen LogP contribution in [0.4, 0.5) is 5.69 Å². The molecule has 68 valence electrons. The summed E-state index contributed by atoms with van der Waals surface area (Å²) in [5.41, 5.74) is 3.92. The quantitative estimate of drug-likeness (QED) is 0.688. The van der Waals surface area contributed by atoms with Gasteiger partial charge in [-0.3, -0.25) is 0 Å². The molecule has 1 aromatic rings. The van der Waals surface area contributed by atoms with Crippen LogP contribution >= 0.6 is 0 Å². The molecule has 0 saturated carbocycles. The second-order valence-corrected chi connectivity index (χ2v) is 3.70. The Hall–Kier alpha value is -1.24. The van der Waals surface area contributed by atoms with Crippen molar-refractivity contribution >= 4 is 11.8 Å². The Labute approximate surface area is 79.5 Å². The van der Waals surface area contributed by atoms with Gasteiger partial charge in [-0.05, 0) is 37.0 Å². The maximum absolute atomic E-state index is 3.77. The highest BCUT2D eigenvalue weighted by Gasteiger charge is 2.13. The lowest BCUT2D eigenvalue weighted by atomic mass is 9.97. The van der Waals surface area contributed by atoms with E-state index in [0.29, 0.717) is 6.04 Å². The molecule has 2 rings (SSSR count). The van der Waals surface area contributed by atoms with Crippen LogP contribution in [0.1, 0.15) is 24.5 Å². The monoisotopic (exact) mass is 173 g/mol. The molecule has 0 fully saturated rings. The minimum absolute atomic E-state index is 0.604. The van der Waals surface area contributed by atoms with Gasteiger partial charge >= 0.3 is 0 Å². The van der Waals surface area contributed by atoms with Crippen molar-refractivity contribution in [2.45, 2.75) is 25.8 Å². The van der Waals surface area contributed by atoms with Gasteiger partial charge in [-0.25, -0.2) is 0 Å². The molecule has 0 bridgehead atoms. The Kier molecular flexibility index (Phi) is 2.09. The van der Waals surface area contributed by atoms with Crippen LogP contribution < -0.4 is 5.32 Å². The predicted molar refractivity (Wildman–Crippen MR) is 57.9 cm³/mol. The van der Waals surface area contributed by atoms with Gasteiger partial charge in [-0.2, -0.15) is 0 Å². The van der Waals surface area contributed by atoms with E-state index < -0.39 is 0 Å². The highest BCUT2D eigenvalue weighted by Crippen LogP contribution is 2.25. The van der Waals surface area contributed by atoms with Gasteiger partial charge in [0.05, 0.1) is 0 Å². The molecule has 1 heteroatoms. The minimum atomic E-state index is 0.604. The maximum Gasteiger partial charge on any atom is 0.0380 e. The molecule has 1 aliphatic heterocycles. The van der Waals surface area contributed by atoms with Crippen LogP contribution in [0.3, 0.4) is 0 Å². The SMILES string of the molecule is C=Cc1ccc2c(c1)NC(C)CC2. The number of nitrogens with one attached hydrogen (secondary N) is 1. The molecule has 1 N–H and O–H groups in total. The molecule has 1 unspecified atom stereocenters. The van der Waals surface area contributed by atoms with E-state index in [2.05, 4.69) is 37.0 Å². The third-order valence-electron chi connectivity index (χ3n) is 2.62. The van der Waals surface area contributed by atoms with Crippen molar-refractivity contribution in [3.63, 3.8) is 0 Å². The molecule has 0 aliphatic carbocycles. The van der Waals surface area contributed by atoms with Gasteiger partial charge in [-0.1, -0.05) is 24.8 Å². The first-order valence-corrected chi connectivity index (χ1v) is 4.81. The molecule has 0 saturated heterocycles. The summed E-state index contributed by atoms with van der Waals surface area (Å²) in [7, 11) is 0. The Balaban J connectivity index is 2.38. The fraction of sp³-hybridized carbons (Fsp3) is 0.333. The van der Waals surface area contributed by atoms with E-state index in [0.717, 1.165) is 0 Å². The third-order valence-corrected chi connectivity index (χ3v) is 2.62. The van der Waals surface area contributed by atoms with Crippen LogP contribution in [-0.2, 0) is 6.42 Å². The molecule has 1 aliphatic rings. The number of aryl methyl sites for hydroxylation is 1. The fourth-order valence-electron chi connectivity index (χ4n) is 1.78. The van der Waals surface area contributed by atoms with Crippen molar-refractivity contribution in [3.8, 4) is 0 Å². The smallest absolute Gasteiger partial charge is 0.0380 e. The van der Waals surface area contributed by atoms with E-state index in [9.17, 15) is 0 Å². The molecule has 0 spiro atoms. The average Bonchev–Trinajstić information content (AvgIpc) is 2.16. The summed E-state index contributed by atoms with van der Waals surface area (Å²) in [5, 5.41) is 3.49. The first-order chi connectivity index (χ1) is 6.29. The lowest BCUT2D eigenvalue weighted by Crippen LogP contribution is -2.21. The number of rotatable bonds is 1. The Morgan fingerprint density at radius 3 is 3.15 bits per heavy atom. The van der Waals surface area contributed by atoms with E-state index in [1.807, 2.05) is 6.08 Å². The van der Waals surface area contributed by atoms with Crippen molar-refractivity contribution < 1.29 is 0 Å². The highest BCUT2D eigenvalue weighted by molar-refractivity contribution is 5.61. The number of anilines is 1. The van der Waals surface area contributed by atoms with Crippen LogP contribution in [0.2, 0.25) is 0 Å². The van der Waals surface area contributed by atoms with Gasteiger partial charge in [0, 0.05) is 11.7 Å². The summed E-state index contributed by atoms with van der Waals surface area (Å²) in [6, 6.07) is 7.11. The Bertz CT molecular complexity index is 328. The maximum atomic E-state index is 3.77. The predicted octanol–water partition coefficient (Wildman–Crippen LogP) is 3.08. The molecule has 1 aromatic carbocycles. The minimum Gasteiger partial charge on any atom is -0.382 e. The van der Waals surface area contributed by atoms with Gasteiger partial charge in [0.2, 0.25) is 0 Å². The number of fused-ring (bicyclic) bond motifs is 1. The lowest BCUT2D eigenvalue weighted by molar-refractivity contribution is 0.681. The Morgan fingerprint density at radius 2 is 2.38 bits per heavy atom. The van der Waals surface area contributed by atoms with E-state index >= 15 is 0 Å². The van der Waals surface area contributed by atoms with Gasteiger partial charge in [0.1, 0.15) is 0 Å². The fourth-order valence-corrected chi connectivity index (χ4v) is 1.78. The lowest BCUT2D eigenvalue weighted by Gasteiger charge is -2.24. The third kappa shape index (κ3) is 1.59. The number of hydrogen-bond donors (Lipinski definition) is 1. The summed E-state index contributed by atoms with van der Waals surface area (Å²) >= 11 is 0. The molecule has 13 heavy (non-hydrogen) atoms. The van der Waals surface area contributed by atoms with E-state index in [1.54, 1.807) is 0 Å². The molecule has 1 heterocycles. The van der Waals surface area contributed by atoms with Crippen molar-refractivity contribution in [1.29, 1.82) is 0 Å². The van der Waals surface area contributed by atoms with Crippen LogP contribution in [0, 0.1) is 0 Å². The zero-order chi connectivity index (χ0) is 9.26. The van der Waals surface area contributed by atoms with Gasteiger partial charge in [-0.15, -0.1) is 0 Å². The van der Waals surface area contributed by atoms with Gasteiger partial charge in [0.15, 0.2) is 0 Å². The highest BCUT2D eigenvalue weighted by atomic mass is 14.9. The molecular formula is C12H15N. The summed E-state index contributed by atoms with van der Waals surface area (Å²) in [4.78, 5) is 0. The summed E-state index contributed by atoms with van der Waals surface area (Å²) in [6.07, 6.45) is 4.32. The van der Waals surface area contributed by atoms with Crippen LogP contribution in [0.5, 0.6) is 0 Å². The normalized spacial score (nSPS) is 20.2. The average molecular weight is 173 g/mol. The number of hydrogen-bond acceptors (Lipinski definition) is 1. The van der Waals surface area contributed by atoms with Crippen molar-refractivity contribution in [2.75, 3.05) is 5.32 Å². The molecule has 0 amide bonds. The van der Waals surface area contributed by atoms with E-state index in [4.69, 9.17) is 0 Å². The second kappa shape index (κ2) is 3.25. The zero-order valence-electron chi connectivity index (χ0n) is 8.01. The number of benzene rings is 1. The first kappa shape index (κ1) is 8.36. The summed E-state index contributed by atoms with van der Waals surface area (Å²) in [5.74, 6) is 0. The van der Waals surface area contributed by atoms with E-state index in [-0.39, 0.29) is 0 Å². The van der Waals surface area contributed by atoms with Crippen molar-refractivity contribution in [2.24, 2.45) is 0 Å². The van der Waals surface area contributed by atoms with Crippen LogP contribution in [-0.4, -0.2) is 6.04 Å². The zero-order valence-corrected chi connectivity index (χ0v) is 8.01. The van der Waals surface area contributed by atoms with Gasteiger partial charge in [0.25, 0.3) is 0 Å².